The first-order valence-corrected chi connectivity index (χ1v) is 6.96. The van der Waals surface area contributed by atoms with Gasteiger partial charge in [0, 0.05) is 24.4 Å². The van der Waals surface area contributed by atoms with Crippen LogP contribution in [0, 0.1) is 0 Å². The SMILES string of the molecule is c1ccc(C2(CNc3ncccn3)CCCC2)cc1. The van der Waals surface area contributed by atoms with Crippen molar-refractivity contribution < 1.29 is 0 Å². The molecule has 0 spiro atoms. The molecule has 0 saturated heterocycles. The van der Waals surface area contributed by atoms with Gasteiger partial charge >= 0.3 is 0 Å². The van der Waals surface area contributed by atoms with Crippen LogP contribution in [0.25, 0.3) is 0 Å². The summed E-state index contributed by atoms with van der Waals surface area (Å²) in [7, 11) is 0. The van der Waals surface area contributed by atoms with Crippen LogP contribution < -0.4 is 5.32 Å². The van der Waals surface area contributed by atoms with Crippen LogP contribution in [0.5, 0.6) is 0 Å². The smallest absolute Gasteiger partial charge is 0.222 e. The van der Waals surface area contributed by atoms with E-state index in [4.69, 9.17) is 0 Å². The molecule has 1 aromatic heterocycles. The molecule has 3 rings (SSSR count). The molecule has 1 fully saturated rings. The Morgan fingerprint density at radius 3 is 2.32 bits per heavy atom. The van der Waals surface area contributed by atoms with E-state index in [1.807, 2.05) is 6.07 Å². The summed E-state index contributed by atoms with van der Waals surface area (Å²) in [6, 6.07) is 12.7. The average Bonchev–Trinajstić information content (AvgIpc) is 2.97. The lowest BCUT2D eigenvalue weighted by atomic mass is 9.79. The number of anilines is 1. The molecule has 0 unspecified atom stereocenters. The lowest BCUT2D eigenvalue weighted by molar-refractivity contribution is 0.465. The first-order chi connectivity index (χ1) is 9.39. The summed E-state index contributed by atoms with van der Waals surface area (Å²) in [6.07, 6.45) is 8.67. The Morgan fingerprint density at radius 1 is 0.947 bits per heavy atom. The van der Waals surface area contributed by atoms with Gasteiger partial charge in [-0.15, -0.1) is 0 Å². The maximum atomic E-state index is 4.24. The van der Waals surface area contributed by atoms with E-state index in [0.29, 0.717) is 0 Å². The second-order valence-electron chi connectivity index (χ2n) is 5.28. The van der Waals surface area contributed by atoms with Crippen molar-refractivity contribution in [2.24, 2.45) is 0 Å². The molecule has 1 N–H and O–H groups in total. The van der Waals surface area contributed by atoms with Crippen molar-refractivity contribution in [3.8, 4) is 0 Å². The predicted octanol–water partition coefficient (Wildman–Crippen LogP) is 3.40. The molecule has 0 atom stereocenters. The summed E-state index contributed by atoms with van der Waals surface area (Å²) in [5.74, 6) is 0.727. The number of hydrogen-bond acceptors (Lipinski definition) is 3. The van der Waals surface area contributed by atoms with Gasteiger partial charge in [-0.25, -0.2) is 9.97 Å². The molecule has 1 aromatic carbocycles. The topological polar surface area (TPSA) is 37.8 Å². The second-order valence-corrected chi connectivity index (χ2v) is 5.28. The first-order valence-electron chi connectivity index (χ1n) is 6.96. The third kappa shape index (κ3) is 2.60. The minimum atomic E-state index is 0.250. The van der Waals surface area contributed by atoms with Gasteiger partial charge < -0.3 is 5.32 Å². The van der Waals surface area contributed by atoms with Gasteiger partial charge in [-0.3, -0.25) is 0 Å². The summed E-state index contributed by atoms with van der Waals surface area (Å²) in [5, 5.41) is 3.40. The molecule has 1 saturated carbocycles. The standard InChI is InChI=1S/C16H19N3/c1-2-7-14(8-3-1)16(9-4-5-10-16)13-19-15-17-11-6-12-18-15/h1-3,6-8,11-12H,4-5,9-10,13H2,(H,17,18,19). The third-order valence-electron chi connectivity index (χ3n) is 4.10. The van der Waals surface area contributed by atoms with E-state index in [9.17, 15) is 0 Å². The molecule has 3 nitrogen and oxygen atoms in total. The first kappa shape index (κ1) is 12.2. The number of nitrogens with one attached hydrogen (secondary N) is 1. The summed E-state index contributed by atoms with van der Waals surface area (Å²) in [4.78, 5) is 8.48. The van der Waals surface area contributed by atoms with Gasteiger partial charge in [-0.2, -0.15) is 0 Å². The van der Waals surface area contributed by atoms with Crippen LogP contribution in [0.15, 0.2) is 48.8 Å². The highest BCUT2D eigenvalue weighted by molar-refractivity contribution is 5.32. The number of hydrogen-bond donors (Lipinski definition) is 1. The van der Waals surface area contributed by atoms with Crippen LogP contribution in [0.2, 0.25) is 0 Å². The van der Waals surface area contributed by atoms with Crippen molar-refractivity contribution in [3.63, 3.8) is 0 Å². The monoisotopic (exact) mass is 253 g/mol. The van der Waals surface area contributed by atoms with Crippen LogP contribution >= 0.6 is 0 Å². The molecule has 19 heavy (non-hydrogen) atoms. The highest BCUT2D eigenvalue weighted by atomic mass is 15.1. The summed E-state index contributed by atoms with van der Waals surface area (Å²) in [6.45, 7) is 0.918. The summed E-state index contributed by atoms with van der Waals surface area (Å²) in [5.41, 5.74) is 1.69. The van der Waals surface area contributed by atoms with E-state index >= 15 is 0 Å². The Morgan fingerprint density at radius 2 is 1.63 bits per heavy atom. The minimum absolute atomic E-state index is 0.250. The maximum absolute atomic E-state index is 4.24. The molecule has 0 bridgehead atoms. The number of aromatic nitrogens is 2. The van der Waals surface area contributed by atoms with Crippen LogP contribution in [-0.2, 0) is 5.41 Å². The quantitative estimate of drug-likeness (QED) is 0.907. The molecule has 0 radical (unpaired) electrons. The zero-order valence-corrected chi connectivity index (χ0v) is 11.0. The van der Waals surface area contributed by atoms with Crippen molar-refractivity contribution in [2.45, 2.75) is 31.1 Å². The molecular weight excluding hydrogens is 234 g/mol. The molecular formula is C16H19N3. The zero-order chi connectivity index (χ0) is 13.0. The van der Waals surface area contributed by atoms with Gasteiger partial charge in [-0.05, 0) is 24.5 Å². The minimum Gasteiger partial charge on any atom is -0.353 e. The normalized spacial score (nSPS) is 17.3. The predicted molar refractivity (Wildman–Crippen MR) is 77.1 cm³/mol. The van der Waals surface area contributed by atoms with Crippen molar-refractivity contribution in [1.82, 2.24) is 9.97 Å². The van der Waals surface area contributed by atoms with Crippen LogP contribution in [0.3, 0.4) is 0 Å². The molecule has 1 heterocycles. The molecule has 98 valence electrons. The Balaban J connectivity index is 1.78. The molecule has 0 amide bonds. The Labute approximate surface area is 114 Å². The van der Waals surface area contributed by atoms with Gasteiger partial charge in [0.15, 0.2) is 0 Å². The average molecular weight is 253 g/mol. The fourth-order valence-electron chi connectivity index (χ4n) is 3.05. The number of benzene rings is 1. The lowest BCUT2D eigenvalue weighted by Gasteiger charge is -2.30. The van der Waals surface area contributed by atoms with E-state index < -0.39 is 0 Å². The summed E-state index contributed by atoms with van der Waals surface area (Å²) < 4.78 is 0. The number of rotatable bonds is 4. The Hall–Kier alpha value is -1.90. The largest absolute Gasteiger partial charge is 0.353 e. The van der Waals surface area contributed by atoms with Crippen molar-refractivity contribution in [3.05, 3.63) is 54.4 Å². The van der Waals surface area contributed by atoms with E-state index in [1.165, 1.54) is 31.2 Å². The highest BCUT2D eigenvalue weighted by Gasteiger charge is 2.35. The van der Waals surface area contributed by atoms with E-state index in [-0.39, 0.29) is 5.41 Å². The van der Waals surface area contributed by atoms with Crippen LogP contribution in [-0.4, -0.2) is 16.5 Å². The lowest BCUT2D eigenvalue weighted by Crippen LogP contribution is -2.31. The molecule has 2 aromatic rings. The van der Waals surface area contributed by atoms with E-state index in [0.717, 1.165) is 12.5 Å². The third-order valence-corrected chi connectivity index (χ3v) is 4.10. The Kier molecular flexibility index (Phi) is 3.45. The molecule has 1 aliphatic carbocycles. The number of nitrogens with zero attached hydrogens (tertiary/aromatic N) is 2. The second kappa shape index (κ2) is 5.39. The maximum Gasteiger partial charge on any atom is 0.222 e. The zero-order valence-electron chi connectivity index (χ0n) is 11.0. The molecule has 1 aliphatic rings. The highest BCUT2D eigenvalue weighted by Crippen LogP contribution is 2.40. The van der Waals surface area contributed by atoms with Crippen molar-refractivity contribution in [1.29, 1.82) is 0 Å². The summed E-state index contributed by atoms with van der Waals surface area (Å²) >= 11 is 0. The van der Waals surface area contributed by atoms with Gasteiger partial charge in [0.1, 0.15) is 0 Å². The fourth-order valence-corrected chi connectivity index (χ4v) is 3.05. The van der Waals surface area contributed by atoms with Gasteiger partial charge in [0.25, 0.3) is 0 Å². The van der Waals surface area contributed by atoms with E-state index in [1.54, 1.807) is 12.4 Å². The van der Waals surface area contributed by atoms with Gasteiger partial charge in [0.2, 0.25) is 5.95 Å². The van der Waals surface area contributed by atoms with Gasteiger partial charge in [0.05, 0.1) is 0 Å². The molecule has 3 heteroatoms. The van der Waals surface area contributed by atoms with Gasteiger partial charge in [-0.1, -0.05) is 43.2 Å². The fraction of sp³-hybridized carbons (Fsp3) is 0.375. The van der Waals surface area contributed by atoms with E-state index in [2.05, 4.69) is 45.6 Å². The Bertz CT molecular complexity index is 504. The van der Waals surface area contributed by atoms with Crippen LogP contribution in [0.1, 0.15) is 31.2 Å². The van der Waals surface area contributed by atoms with Crippen molar-refractivity contribution >= 4 is 5.95 Å². The van der Waals surface area contributed by atoms with Crippen molar-refractivity contribution in [2.75, 3.05) is 11.9 Å². The molecule has 0 aliphatic heterocycles. The van der Waals surface area contributed by atoms with Crippen LogP contribution in [0.4, 0.5) is 5.95 Å².